The normalized spacial score (nSPS) is 20.8. The maximum Gasteiger partial charge on any atom is 0.203 e. The molecule has 3 rings (SSSR count). The van der Waals surface area contributed by atoms with E-state index in [0.29, 0.717) is 18.7 Å². The number of fused-ring (bicyclic) bond motifs is 3. The van der Waals surface area contributed by atoms with Gasteiger partial charge in [-0.1, -0.05) is 0 Å². The highest BCUT2D eigenvalue weighted by Gasteiger charge is 2.39. The van der Waals surface area contributed by atoms with E-state index in [4.69, 9.17) is 0 Å². The third kappa shape index (κ3) is 1.49. The zero-order valence-electron chi connectivity index (χ0n) is 10.8. The minimum Gasteiger partial charge on any atom is -0.392 e. The maximum absolute atomic E-state index is 12.3. The summed E-state index contributed by atoms with van der Waals surface area (Å²) in [6, 6.07) is 0. The number of carbonyl (C=O) groups excluding carboxylic acids is 3. The number of rotatable bonds is 2. The molecule has 0 saturated carbocycles. The van der Waals surface area contributed by atoms with Gasteiger partial charge >= 0.3 is 0 Å². The number of allylic oxidation sites excluding steroid dienone is 2. The van der Waals surface area contributed by atoms with Crippen LogP contribution in [0.25, 0.3) is 0 Å². The number of aromatic nitrogens is 1. The molecule has 6 nitrogen and oxygen atoms in total. The Kier molecular flexibility index (Phi) is 2.74. The molecule has 0 aromatic carbocycles. The van der Waals surface area contributed by atoms with Gasteiger partial charge in [0.15, 0.2) is 11.6 Å². The van der Waals surface area contributed by atoms with Crippen LogP contribution in [0.1, 0.15) is 51.6 Å². The largest absolute Gasteiger partial charge is 0.392 e. The highest BCUT2D eigenvalue weighted by atomic mass is 16.3. The second-order valence-corrected chi connectivity index (χ2v) is 5.01. The summed E-state index contributed by atoms with van der Waals surface area (Å²) in [7, 11) is 0. The van der Waals surface area contributed by atoms with Crippen molar-refractivity contribution >= 4 is 17.3 Å². The molecule has 2 heterocycles. The van der Waals surface area contributed by atoms with Crippen molar-refractivity contribution in [1.29, 1.82) is 0 Å². The SMILES string of the molecule is CC(=O)C1=CC(=O)c2c(c(CO)c3n2CCC3O)C1=O. The average molecular weight is 275 g/mol. The highest BCUT2D eigenvalue weighted by molar-refractivity contribution is 6.34. The lowest BCUT2D eigenvalue weighted by Gasteiger charge is -2.13. The van der Waals surface area contributed by atoms with Crippen LogP contribution in [-0.2, 0) is 17.9 Å². The fourth-order valence-electron chi connectivity index (χ4n) is 3.01. The minimum absolute atomic E-state index is 0.0685. The Morgan fingerprint density at radius 2 is 2.15 bits per heavy atom. The monoisotopic (exact) mass is 275 g/mol. The number of ketones is 3. The molecule has 0 saturated heterocycles. The smallest absolute Gasteiger partial charge is 0.203 e. The maximum atomic E-state index is 12.3. The van der Waals surface area contributed by atoms with Gasteiger partial charge in [-0.3, -0.25) is 14.4 Å². The Labute approximate surface area is 114 Å². The zero-order chi connectivity index (χ0) is 14.6. The van der Waals surface area contributed by atoms with Crippen molar-refractivity contribution in [1.82, 2.24) is 4.57 Å². The Hall–Kier alpha value is -2.05. The van der Waals surface area contributed by atoms with Crippen LogP contribution in [0.2, 0.25) is 0 Å². The molecule has 6 heteroatoms. The molecule has 0 bridgehead atoms. The number of aliphatic hydroxyl groups is 2. The Morgan fingerprint density at radius 3 is 2.75 bits per heavy atom. The van der Waals surface area contributed by atoms with Gasteiger partial charge in [-0.05, 0) is 13.3 Å². The first-order valence-electron chi connectivity index (χ1n) is 6.33. The number of aliphatic hydroxyl groups excluding tert-OH is 2. The van der Waals surface area contributed by atoms with E-state index in [1.165, 1.54) is 6.92 Å². The number of hydrogen-bond donors (Lipinski definition) is 2. The number of carbonyl (C=O) groups is 3. The molecule has 104 valence electrons. The first-order chi connectivity index (χ1) is 9.47. The van der Waals surface area contributed by atoms with Gasteiger partial charge in [-0.15, -0.1) is 0 Å². The van der Waals surface area contributed by atoms with Crippen LogP contribution in [0.15, 0.2) is 11.6 Å². The van der Waals surface area contributed by atoms with Crippen LogP contribution in [0.4, 0.5) is 0 Å². The molecule has 1 atom stereocenters. The van der Waals surface area contributed by atoms with Gasteiger partial charge in [0, 0.05) is 18.2 Å². The summed E-state index contributed by atoms with van der Waals surface area (Å²) >= 11 is 0. The van der Waals surface area contributed by atoms with Crippen LogP contribution in [0.3, 0.4) is 0 Å². The third-order valence-corrected chi connectivity index (χ3v) is 3.87. The van der Waals surface area contributed by atoms with Gasteiger partial charge in [0.1, 0.15) is 5.69 Å². The van der Waals surface area contributed by atoms with Crippen LogP contribution in [0.5, 0.6) is 0 Å². The highest BCUT2D eigenvalue weighted by Crippen LogP contribution is 2.38. The van der Waals surface area contributed by atoms with Gasteiger partial charge in [0.25, 0.3) is 0 Å². The minimum atomic E-state index is -0.802. The van der Waals surface area contributed by atoms with E-state index in [-0.39, 0.29) is 22.4 Å². The van der Waals surface area contributed by atoms with E-state index in [9.17, 15) is 24.6 Å². The molecule has 1 aromatic rings. The van der Waals surface area contributed by atoms with Crippen LogP contribution < -0.4 is 0 Å². The van der Waals surface area contributed by atoms with Crippen molar-refractivity contribution in [2.45, 2.75) is 32.6 Å². The lowest BCUT2D eigenvalue weighted by atomic mass is 9.89. The quantitative estimate of drug-likeness (QED) is 0.757. The van der Waals surface area contributed by atoms with Crippen molar-refractivity contribution in [3.63, 3.8) is 0 Å². The molecule has 2 N–H and O–H groups in total. The summed E-state index contributed by atoms with van der Waals surface area (Å²) in [5.74, 6) is -1.46. The van der Waals surface area contributed by atoms with Crippen molar-refractivity contribution in [3.8, 4) is 0 Å². The van der Waals surface area contributed by atoms with E-state index in [0.717, 1.165) is 6.08 Å². The molecule has 1 aromatic heterocycles. The van der Waals surface area contributed by atoms with E-state index in [1.54, 1.807) is 4.57 Å². The zero-order valence-corrected chi connectivity index (χ0v) is 10.8. The van der Waals surface area contributed by atoms with E-state index in [2.05, 4.69) is 0 Å². The molecule has 1 aliphatic carbocycles. The average Bonchev–Trinajstić information content (AvgIpc) is 2.92. The number of nitrogens with zero attached hydrogens (tertiary/aromatic N) is 1. The summed E-state index contributed by atoms with van der Waals surface area (Å²) in [6.07, 6.45) is 0.691. The lowest BCUT2D eigenvalue weighted by molar-refractivity contribution is -0.113. The molecule has 0 amide bonds. The molecular formula is C14H13NO5. The van der Waals surface area contributed by atoms with Crippen LogP contribution in [-0.4, -0.2) is 32.1 Å². The molecule has 1 unspecified atom stereocenters. The van der Waals surface area contributed by atoms with Gasteiger partial charge in [-0.2, -0.15) is 0 Å². The second-order valence-electron chi connectivity index (χ2n) is 5.01. The number of Topliss-reactive ketones (excluding diaryl/α,β-unsaturated/α-hetero) is 2. The number of hydrogen-bond acceptors (Lipinski definition) is 5. The Bertz CT molecular complexity index is 695. The van der Waals surface area contributed by atoms with Crippen LogP contribution >= 0.6 is 0 Å². The second kappa shape index (κ2) is 4.22. The van der Waals surface area contributed by atoms with Gasteiger partial charge in [0.2, 0.25) is 5.78 Å². The van der Waals surface area contributed by atoms with Crippen molar-refractivity contribution < 1.29 is 24.6 Å². The molecular weight excluding hydrogens is 262 g/mol. The van der Waals surface area contributed by atoms with E-state index < -0.39 is 30.1 Å². The fourth-order valence-corrected chi connectivity index (χ4v) is 3.01. The Morgan fingerprint density at radius 1 is 1.45 bits per heavy atom. The van der Waals surface area contributed by atoms with Gasteiger partial charge < -0.3 is 14.8 Å². The predicted molar refractivity (Wildman–Crippen MR) is 67.4 cm³/mol. The summed E-state index contributed by atoms with van der Waals surface area (Å²) in [6.45, 7) is 1.19. The van der Waals surface area contributed by atoms with E-state index in [1.807, 2.05) is 0 Å². The van der Waals surface area contributed by atoms with Crippen molar-refractivity contribution in [3.05, 3.63) is 34.2 Å². The summed E-state index contributed by atoms with van der Waals surface area (Å²) in [5, 5.41) is 19.5. The summed E-state index contributed by atoms with van der Waals surface area (Å²) in [4.78, 5) is 36.0. The molecule has 0 radical (unpaired) electrons. The first kappa shape index (κ1) is 13.0. The van der Waals surface area contributed by atoms with Crippen molar-refractivity contribution in [2.24, 2.45) is 0 Å². The molecule has 2 aliphatic rings. The standard InChI is InChI=1S/C14H13NO5/c1-6(17)7-4-10(19)13-11(14(7)20)8(5-16)12-9(18)2-3-15(12)13/h4,9,16,18H,2-3,5H2,1H3. The lowest BCUT2D eigenvalue weighted by Crippen LogP contribution is -2.23. The predicted octanol–water partition coefficient (Wildman–Crippen LogP) is 0.312. The van der Waals surface area contributed by atoms with Crippen LogP contribution in [0, 0.1) is 0 Å². The topological polar surface area (TPSA) is 96.6 Å². The molecule has 20 heavy (non-hydrogen) atoms. The van der Waals surface area contributed by atoms with E-state index >= 15 is 0 Å². The fraction of sp³-hybridized carbons (Fsp3) is 0.357. The molecule has 0 spiro atoms. The Balaban J connectivity index is 2.30. The molecule has 1 aliphatic heterocycles. The van der Waals surface area contributed by atoms with Gasteiger partial charge in [-0.25, -0.2) is 0 Å². The first-order valence-corrected chi connectivity index (χ1v) is 6.33. The molecule has 0 fully saturated rings. The summed E-state index contributed by atoms with van der Waals surface area (Å²) in [5.41, 5.74) is 0.748. The summed E-state index contributed by atoms with van der Waals surface area (Å²) < 4.78 is 1.58. The van der Waals surface area contributed by atoms with Crippen molar-refractivity contribution in [2.75, 3.05) is 0 Å². The van der Waals surface area contributed by atoms with Gasteiger partial charge in [0.05, 0.1) is 29.5 Å². The third-order valence-electron chi connectivity index (χ3n) is 3.87.